The largest absolute Gasteiger partial charge is 0.378 e. The summed E-state index contributed by atoms with van der Waals surface area (Å²) < 4.78 is 0. The van der Waals surface area contributed by atoms with Crippen molar-refractivity contribution in [2.75, 3.05) is 33.1 Å². The third-order valence-corrected chi connectivity index (χ3v) is 3.83. The first-order valence-electron chi connectivity index (χ1n) is 7.75. The molecular formula is C19H21N3O3. The maximum absolute atomic E-state index is 12.0. The van der Waals surface area contributed by atoms with Crippen molar-refractivity contribution in [3.63, 3.8) is 0 Å². The molecule has 0 spiro atoms. The second-order valence-electron chi connectivity index (χ2n) is 5.82. The van der Waals surface area contributed by atoms with E-state index in [1.54, 1.807) is 12.2 Å². The van der Waals surface area contributed by atoms with Crippen LogP contribution in [0.4, 0.5) is 10.5 Å². The number of allylic oxidation sites excluding steroid dienone is 4. The zero-order valence-electron chi connectivity index (χ0n) is 14.8. The topological polar surface area (TPSA) is 60.9 Å². The molecule has 2 rings (SSSR count). The van der Waals surface area contributed by atoms with Crippen LogP contribution in [0.25, 0.3) is 6.08 Å². The Hall–Kier alpha value is -3.15. The van der Waals surface area contributed by atoms with Crippen LogP contribution < -0.4 is 4.90 Å². The van der Waals surface area contributed by atoms with E-state index in [2.05, 4.69) is 0 Å². The Labute approximate surface area is 147 Å². The fourth-order valence-electron chi connectivity index (χ4n) is 2.26. The molecule has 0 bridgehead atoms. The van der Waals surface area contributed by atoms with E-state index in [1.807, 2.05) is 55.4 Å². The molecule has 0 atom stereocenters. The van der Waals surface area contributed by atoms with Crippen LogP contribution in [0.1, 0.15) is 5.56 Å². The predicted molar refractivity (Wildman–Crippen MR) is 98.0 cm³/mol. The summed E-state index contributed by atoms with van der Waals surface area (Å²) in [7, 11) is 6.67. The zero-order chi connectivity index (χ0) is 18.6. The highest BCUT2D eigenvalue weighted by atomic mass is 16.2. The minimum absolute atomic E-state index is 0.0374. The van der Waals surface area contributed by atoms with Crippen LogP contribution in [0.2, 0.25) is 0 Å². The molecule has 130 valence electrons. The van der Waals surface area contributed by atoms with E-state index in [-0.39, 0.29) is 5.57 Å². The number of benzene rings is 1. The fourth-order valence-corrected chi connectivity index (χ4v) is 2.26. The number of rotatable bonds is 4. The van der Waals surface area contributed by atoms with Crippen LogP contribution in [0.5, 0.6) is 0 Å². The number of hydrogen-bond acceptors (Lipinski definition) is 4. The molecular weight excluding hydrogens is 318 g/mol. The standard InChI is InChI=1S/C19H21N3O3/c1-20(2)15-12-10-14(11-13-15)8-6-5-7-9-16-17(23)21(3)19(25)22(4)18(16)24/h5-13H,1-4H3/b7-5+,8-6+. The molecule has 1 saturated heterocycles. The first-order chi connectivity index (χ1) is 11.8. The summed E-state index contributed by atoms with van der Waals surface area (Å²) in [6, 6.07) is 7.42. The van der Waals surface area contributed by atoms with E-state index >= 15 is 0 Å². The Kier molecular flexibility index (Phi) is 5.54. The number of barbiturate groups is 1. The van der Waals surface area contributed by atoms with Crippen molar-refractivity contribution in [3.05, 3.63) is 59.7 Å². The molecule has 1 heterocycles. The van der Waals surface area contributed by atoms with Gasteiger partial charge in [0.1, 0.15) is 5.57 Å². The second-order valence-corrected chi connectivity index (χ2v) is 5.82. The third kappa shape index (κ3) is 4.03. The lowest BCUT2D eigenvalue weighted by Crippen LogP contribution is -2.52. The van der Waals surface area contributed by atoms with E-state index in [0.717, 1.165) is 21.1 Å². The minimum Gasteiger partial charge on any atom is -0.378 e. The number of nitrogens with zero attached hydrogens (tertiary/aromatic N) is 3. The first-order valence-corrected chi connectivity index (χ1v) is 7.75. The number of urea groups is 1. The molecule has 0 N–H and O–H groups in total. The van der Waals surface area contributed by atoms with Gasteiger partial charge in [0.2, 0.25) is 0 Å². The van der Waals surface area contributed by atoms with Crippen LogP contribution in [0.15, 0.2) is 54.1 Å². The maximum Gasteiger partial charge on any atom is 0.333 e. The monoisotopic (exact) mass is 339 g/mol. The quantitative estimate of drug-likeness (QED) is 0.480. The Morgan fingerprint density at radius 1 is 0.840 bits per heavy atom. The first kappa shape index (κ1) is 18.2. The van der Waals surface area contributed by atoms with Crippen molar-refractivity contribution in [2.45, 2.75) is 0 Å². The number of hydrogen-bond donors (Lipinski definition) is 0. The summed E-state index contributed by atoms with van der Waals surface area (Å²) >= 11 is 0. The molecule has 1 aliphatic rings. The van der Waals surface area contributed by atoms with Gasteiger partial charge in [-0.1, -0.05) is 36.4 Å². The number of anilines is 1. The van der Waals surface area contributed by atoms with Gasteiger partial charge in [-0.05, 0) is 23.8 Å². The summed E-state index contributed by atoms with van der Waals surface area (Å²) in [5.41, 5.74) is 2.12. The molecule has 6 nitrogen and oxygen atoms in total. The number of carbonyl (C=O) groups excluding carboxylic acids is 3. The van der Waals surface area contributed by atoms with Crippen molar-refractivity contribution in [1.29, 1.82) is 0 Å². The lowest BCUT2D eigenvalue weighted by molar-refractivity contribution is -0.134. The van der Waals surface area contributed by atoms with Gasteiger partial charge in [-0.15, -0.1) is 0 Å². The third-order valence-electron chi connectivity index (χ3n) is 3.83. The molecule has 0 aliphatic carbocycles. The Morgan fingerprint density at radius 3 is 1.92 bits per heavy atom. The lowest BCUT2D eigenvalue weighted by atomic mass is 10.1. The summed E-state index contributed by atoms with van der Waals surface area (Å²) in [5, 5.41) is 0. The molecule has 1 aromatic rings. The molecule has 4 amide bonds. The second kappa shape index (κ2) is 7.61. The van der Waals surface area contributed by atoms with Crippen molar-refractivity contribution in [1.82, 2.24) is 9.80 Å². The maximum atomic E-state index is 12.0. The predicted octanol–water partition coefficient (Wildman–Crippen LogP) is 2.30. The molecule has 0 unspecified atom stereocenters. The van der Waals surface area contributed by atoms with Gasteiger partial charge in [0.05, 0.1) is 0 Å². The van der Waals surface area contributed by atoms with Crippen molar-refractivity contribution < 1.29 is 14.4 Å². The summed E-state index contributed by atoms with van der Waals surface area (Å²) in [6.07, 6.45) is 8.49. The van der Waals surface area contributed by atoms with Crippen molar-refractivity contribution in [3.8, 4) is 0 Å². The zero-order valence-corrected chi connectivity index (χ0v) is 14.8. The lowest BCUT2D eigenvalue weighted by Gasteiger charge is -2.28. The van der Waals surface area contributed by atoms with Crippen molar-refractivity contribution >= 4 is 29.6 Å². The molecule has 0 aromatic heterocycles. The smallest absolute Gasteiger partial charge is 0.333 e. The highest BCUT2D eigenvalue weighted by Gasteiger charge is 2.37. The van der Waals surface area contributed by atoms with Crippen LogP contribution >= 0.6 is 0 Å². The number of imide groups is 2. The Bertz CT molecular complexity index is 748. The summed E-state index contributed by atoms with van der Waals surface area (Å²) in [5.74, 6) is -1.19. The van der Waals surface area contributed by atoms with E-state index in [4.69, 9.17) is 0 Å². The Morgan fingerprint density at radius 2 is 1.40 bits per heavy atom. The molecule has 1 fully saturated rings. The van der Waals surface area contributed by atoms with E-state index in [0.29, 0.717) is 0 Å². The Balaban J connectivity index is 2.06. The van der Waals surface area contributed by atoms with Gasteiger partial charge in [-0.2, -0.15) is 0 Å². The van der Waals surface area contributed by atoms with Gasteiger partial charge >= 0.3 is 6.03 Å². The molecule has 1 aromatic carbocycles. The van der Waals surface area contributed by atoms with E-state index in [1.165, 1.54) is 20.2 Å². The fraction of sp³-hybridized carbons (Fsp3) is 0.211. The van der Waals surface area contributed by atoms with Crippen molar-refractivity contribution in [2.24, 2.45) is 0 Å². The molecule has 6 heteroatoms. The molecule has 25 heavy (non-hydrogen) atoms. The number of likely N-dealkylation sites (N-methyl/N-ethyl adjacent to an activating group) is 2. The number of amides is 4. The highest BCUT2D eigenvalue weighted by molar-refractivity contribution is 6.28. The van der Waals surface area contributed by atoms with Gasteiger partial charge in [-0.3, -0.25) is 19.4 Å². The van der Waals surface area contributed by atoms with Crippen LogP contribution in [-0.2, 0) is 9.59 Å². The summed E-state index contributed by atoms with van der Waals surface area (Å²) in [6.45, 7) is 0. The SMILES string of the molecule is CN1C(=O)C(=C/C=C/C=C/c2ccc(N(C)C)cc2)C(=O)N(C)C1=O. The van der Waals surface area contributed by atoms with Crippen LogP contribution in [0, 0.1) is 0 Å². The van der Waals surface area contributed by atoms with Gasteiger partial charge in [0, 0.05) is 33.9 Å². The van der Waals surface area contributed by atoms with Crippen LogP contribution in [0.3, 0.4) is 0 Å². The van der Waals surface area contributed by atoms with Gasteiger partial charge in [0.15, 0.2) is 0 Å². The summed E-state index contributed by atoms with van der Waals surface area (Å²) in [4.78, 5) is 39.5. The minimum atomic E-state index is -0.628. The average Bonchev–Trinajstić information content (AvgIpc) is 2.61. The number of carbonyl (C=O) groups is 3. The normalized spacial score (nSPS) is 15.7. The van der Waals surface area contributed by atoms with E-state index in [9.17, 15) is 14.4 Å². The molecule has 1 aliphatic heterocycles. The van der Waals surface area contributed by atoms with Gasteiger partial charge in [-0.25, -0.2) is 4.79 Å². The molecule has 0 saturated carbocycles. The van der Waals surface area contributed by atoms with Crippen LogP contribution in [-0.4, -0.2) is 55.8 Å². The van der Waals surface area contributed by atoms with Gasteiger partial charge < -0.3 is 4.90 Å². The average molecular weight is 339 g/mol. The van der Waals surface area contributed by atoms with E-state index < -0.39 is 17.8 Å². The highest BCUT2D eigenvalue weighted by Crippen LogP contribution is 2.15. The van der Waals surface area contributed by atoms with Gasteiger partial charge in [0.25, 0.3) is 11.8 Å². The molecule has 0 radical (unpaired) electrons.